The third-order valence-electron chi connectivity index (χ3n) is 3.39. The van der Waals surface area contributed by atoms with E-state index in [1.54, 1.807) is 11.6 Å². The van der Waals surface area contributed by atoms with Crippen LogP contribution < -0.4 is 10.2 Å². The zero-order valence-electron chi connectivity index (χ0n) is 13.8. The van der Waals surface area contributed by atoms with E-state index in [-0.39, 0.29) is 6.10 Å². The molecular weight excluding hydrogens is 302 g/mol. The SMILES string of the molecule is CC(/C=C/C(=O)NO)=C\[C@@H](C)Oc1ccc(-c2ccccc2)cc1. The molecule has 1 amide bonds. The maximum Gasteiger partial charge on any atom is 0.267 e. The van der Waals surface area contributed by atoms with Crippen molar-refractivity contribution in [2.45, 2.75) is 20.0 Å². The number of hydroxylamine groups is 1. The van der Waals surface area contributed by atoms with Gasteiger partial charge in [0, 0.05) is 6.08 Å². The first kappa shape index (κ1) is 17.5. The Balaban J connectivity index is 1.98. The number of carbonyl (C=O) groups excluding carboxylic acids is 1. The highest BCUT2D eigenvalue weighted by Gasteiger charge is 2.02. The predicted molar refractivity (Wildman–Crippen MR) is 94.8 cm³/mol. The van der Waals surface area contributed by atoms with E-state index in [0.29, 0.717) is 0 Å². The summed E-state index contributed by atoms with van der Waals surface area (Å²) in [5.41, 5.74) is 4.72. The van der Waals surface area contributed by atoms with Gasteiger partial charge in [-0.15, -0.1) is 0 Å². The summed E-state index contributed by atoms with van der Waals surface area (Å²) < 4.78 is 5.85. The zero-order valence-corrected chi connectivity index (χ0v) is 13.8. The van der Waals surface area contributed by atoms with Crippen LogP contribution in [-0.2, 0) is 4.79 Å². The van der Waals surface area contributed by atoms with Gasteiger partial charge in [0.1, 0.15) is 11.9 Å². The van der Waals surface area contributed by atoms with Crippen LogP contribution in [0.25, 0.3) is 11.1 Å². The van der Waals surface area contributed by atoms with E-state index in [9.17, 15) is 4.79 Å². The number of ether oxygens (including phenoxy) is 1. The molecule has 0 heterocycles. The fraction of sp³-hybridized carbons (Fsp3) is 0.150. The number of rotatable bonds is 6. The highest BCUT2D eigenvalue weighted by molar-refractivity contribution is 5.86. The third kappa shape index (κ3) is 5.41. The second kappa shape index (κ2) is 8.70. The minimum atomic E-state index is -0.562. The average Bonchev–Trinajstić information content (AvgIpc) is 2.61. The highest BCUT2D eigenvalue weighted by Crippen LogP contribution is 2.22. The summed E-state index contributed by atoms with van der Waals surface area (Å²) in [4.78, 5) is 10.9. The highest BCUT2D eigenvalue weighted by atomic mass is 16.5. The lowest BCUT2D eigenvalue weighted by atomic mass is 10.1. The quantitative estimate of drug-likeness (QED) is 0.364. The Kier molecular flexibility index (Phi) is 6.34. The normalized spacial score (nSPS) is 12.9. The molecule has 1 atom stereocenters. The fourth-order valence-electron chi connectivity index (χ4n) is 2.28. The molecule has 0 spiro atoms. The van der Waals surface area contributed by atoms with E-state index in [2.05, 4.69) is 12.1 Å². The predicted octanol–water partition coefficient (Wildman–Crippen LogP) is 4.13. The van der Waals surface area contributed by atoms with E-state index in [4.69, 9.17) is 9.94 Å². The molecule has 0 aliphatic carbocycles. The van der Waals surface area contributed by atoms with Gasteiger partial charge in [0.05, 0.1) is 0 Å². The number of amides is 1. The maximum atomic E-state index is 10.9. The molecule has 124 valence electrons. The molecule has 0 saturated heterocycles. The zero-order chi connectivity index (χ0) is 17.4. The molecule has 0 aliphatic heterocycles. The van der Waals surface area contributed by atoms with Crippen molar-refractivity contribution >= 4 is 5.91 Å². The van der Waals surface area contributed by atoms with E-state index in [0.717, 1.165) is 16.9 Å². The molecule has 0 bridgehead atoms. The first-order valence-corrected chi connectivity index (χ1v) is 7.71. The minimum Gasteiger partial charge on any atom is -0.487 e. The van der Waals surface area contributed by atoms with Crippen molar-refractivity contribution in [3.05, 3.63) is 78.4 Å². The van der Waals surface area contributed by atoms with Gasteiger partial charge in [-0.3, -0.25) is 10.0 Å². The molecule has 0 saturated carbocycles. The Hall–Kier alpha value is -2.85. The molecule has 2 aromatic rings. The molecule has 24 heavy (non-hydrogen) atoms. The summed E-state index contributed by atoms with van der Waals surface area (Å²) in [5, 5.41) is 8.43. The van der Waals surface area contributed by atoms with Crippen LogP contribution in [0.2, 0.25) is 0 Å². The average molecular weight is 323 g/mol. The van der Waals surface area contributed by atoms with Crippen LogP contribution >= 0.6 is 0 Å². The Morgan fingerprint density at radius 1 is 1.04 bits per heavy atom. The van der Waals surface area contributed by atoms with Crippen molar-refractivity contribution in [3.63, 3.8) is 0 Å². The summed E-state index contributed by atoms with van der Waals surface area (Å²) in [6.45, 7) is 3.79. The second-order valence-corrected chi connectivity index (χ2v) is 5.43. The van der Waals surface area contributed by atoms with Crippen molar-refractivity contribution in [2.24, 2.45) is 0 Å². The minimum absolute atomic E-state index is 0.144. The fourth-order valence-corrected chi connectivity index (χ4v) is 2.28. The monoisotopic (exact) mass is 323 g/mol. The van der Waals surface area contributed by atoms with Gasteiger partial charge in [0.15, 0.2) is 0 Å². The molecule has 2 rings (SSSR count). The topological polar surface area (TPSA) is 58.6 Å². The van der Waals surface area contributed by atoms with Crippen LogP contribution in [0.3, 0.4) is 0 Å². The molecule has 2 N–H and O–H groups in total. The van der Waals surface area contributed by atoms with Crippen LogP contribution in [0, 0.1) is 0 Å². The van der Waals surface area contributed by atoms with E-state index >= 15 is 0 Å². The number of hydrogen-bond acceptors (Lipinski definition) is 3. The van der Waals surface area contributed by atoms with Gasteiger partial charge in [0.25, 0.3) is 5.91 Å². The van der Waals surface area contributed by atoms with Crippen LogP contribution in [0.5, 0.6) is 5.75 Å². The maximum absolute atomic E-state index is 10.9. The number of allylic oxidation sites excluding steroid dienone is 2. The molecule has 0 aromatic heterocycles. The number of carbonyl (C=O) groups is 1. The molecule has 2 aromatic carbocycles. The lowest BCUT2D eigenvalue weighted by Gasteiger charge is -2.12. The third-order valence-corrected chi connectivity index (χ3v) is 3.39. The van der Waals surface area contributed by atoms with Gasteiger partial charge in [-0.05, 0) is 43.2 Å². The lowest BCUT2D eigenvalue weighted by Crippen LogP contribution is -2.15. The van der Waals surface area contributed by atoms with Crippen LogP contribution in [-0.4, -0.2) is 17.2 Å². The first-order valence-electron chi connectivity index (χ1n) is 7.71. The van der Waals surface area contributed by atoms with E-state index in [1.165, 1.54) is 11.6 Å². The van der Waals surface area contributed by atoms with Gasteiger partial charge in [0.2, 0.25) is 0 Å². The van der Waals surface area contributed by atoms with Crippen LogP contribution in [0.1, 0.15) is 13.8 Å². The number of benzene rings is 2. The van der Waals surface area contributed by atoms with Crippen molar-refractivity contribution < 1.29 is 14.7 Å². The van der Waals surface area contributed by atoms with Crippen molar-refractivity contribution in [1.29, 1.82) is 0 Å². The van der Waals surface area contributed by atoms with Crippen molar-refractivity contribution in [3.8, 4) is 16.9 Å². The van der Waals surface area contributed by atoms with Gasteiger partial charge in [-0.25, -0.2) is 5.48 Å². The summed E-state index contributed by atoms with van der Waals surface area (Å²) in [5.74, 6) is 0.219. The Labute approximate surface area is 142 Å². The molecule has 4 nitrogen and oxygen atoms in total. The van der Waals surface area contributed by atoms with Gasteiger partial charge in [-0.1, -0.05) is 54.1 Å². The summed E-state index contributed by atoms with van der Waals surface area (Å²) >= 11 is 0. The van der Waals surface area contributed by atoms with Crippen molar-refractivity contribution in [2.75, 3.05) is 0 Å². The molecule has 0 unspecified atom stereocenters. The van der Waals surface area contributed by atoms with E-state index in [1.807, 2.05) is 62.4 Å². The summed E-state index contributed by atoms with van der Waals surface area (Å²) in [7, 11) is 0. The van der Waals surface area contributed by atoms with E-state index < -0.39 is 5.91 Å². The standard InChI is InChI=1S/C20H21NO3/c1-15(8-13-20(22)21-23)14-16(2)24-19-11-9-18(10-12-19)17-6-4-3-5-7-17/h3-14,16,23H,1-2H3,(H,21,22)/b13-8+,15-14+/t16-/m1/s1. The molecule has 0 radical (unpaired) electrons. The molecule has 0 aliphatic rings. The van der Waals surface area contributed by atoms with Gasteiger partial charge in [-0.2, -0.15) is 0 Å². The number of nitrogens with one attached hydrogen (secondary N) is 1. The number of hydrogen-bond donors (Lipinski definition) is 2. The second-order valence-electron chi connectivity index (χ2n) is 5.43. The summed E-state index contributed by atoms with van der Waals surface area (Å²) in [6.07, 6.45) is 4.62. The Morgan fingerprint density at radius 3 is 2.29 bits per heavy atom. The van der Waals surface area contributed by atoms with Crippen molar-refractivity contribution in [1.82, 2.24) is 5.48 Å². The van der Waals surface area contributed by atoms with Gasteiger partial charge >= 0.3 is 0 Å². The molecule has 4 heteroatoms. The van der Waals surface area contributed by atoms with Crippen LogP contribution in [0.4, 0.5) is 0 Å². The first-order chi connectivity index (χ1) is 11.6. The van der Waals surface area contributed by atoms with Gasteiger partial charge < -0.3 is 4.74 Å². The summed E-state index contributed by atoms with van der Waals surface area (Å²) in [6, 6.07) is 18.1. The largest absolute Gasteiger partial charge is 0.487 e. The smallest absolute Gasteiger partial charge is 0.267 e. The van der Waals surface area contributed by atoms with Crippen LogP contribution in [0.15, 0.2) is 78.4 Å². The molecule has 0 fully saturated rings. The lowest BCUT2D eigenvalue weighted by molar-refractivity contribution is -0.124. The molecular formula is C20H21NO3. The Morgan fingerprint density at radius 2 is 1.67 bits per heavy atom. The Bertz CT molecular complexity index is 718.